The summed E-state index contributed by atoms with van der Waals surface area (Å²) in [5, 5.41) is 6.46. The Morgan fingerprint density at radius 3 is 2.17 bits per heavy atom. The van der Waals surface area contributed by atoms with Gasteiger partial charge in [0.15, 0.2) is 0 Å². The molecule has 0 N–H and O–H groups in total. The third-order valence-electron chi connectivity index (χ3n) is 2.88. The lowest BCUT2D eigenvalue weighted by atomic mass is 10.1. The predicted molar refractivity (Wildman–Crippen MR) is 79.1 cm³/mol. The highest BCUT2D eigenvalue weighted by atomic mass is 32.1. The number of rotatable bonds is 2. The van der Waals surface area contributed by atoms with E-state index in [1.165, 1.54) is 0 Å². The number of para-hydroxylation sites is 1. The molecular formula is C15H12N2S. The first-order valence-electron chi connectivity index (χ1n) is 5.85. The van der Waals surface area contributed by atoms with Gasteiger partial charge in [-0.05, 0) is 17.7 Å². The fourth-order valence-electron chi connectivity index (χ4n) is 1.99. The van der Waals surface area contributed by atoms with Gasteiger partial charge in [-0.25, -0.2) is 5.01 Å². The number of benzene rings is 2. The van der Waals surface area contributed by atoms with Gasteiger partial charge in [0.2, 0.25) is 0 Å². The fourth-order valence-corrected chi connectivity index (χ4v) is 2.27. The van der Waals surface area contributed by atoms with Crippen molar-refractivity contribution in [2.75, 3.05) is 5.01 Å². The average Bonchev–Trinajstić information content (AvgIpc) is 2.83. The van der Waals surface area contributed by atoms with Gasteiger partial charge in [0.1, 0.15) is 4.99 Å². The van der Waals surface area contributed by atoms with Crippen LogP contribution in [0.5, 0.6) is 0 Å². The molecule has 18 heavy (non-hydrogen) atoms. The zero-order valence-electron chi connectivity index (χ0n) is 9.78. The van der Waals surface area contributed by atoms with E-state index in [2.05, 4.69) is 17.2 Å². The Balaban J connectivity index is 1.95. The summed E-state index contributed by atoms with van der Waals surface area (Å²) >= 11 is 5.41. The number of hydrogen-bond acceptors (Lipinski definition) is 2. The van der Waals surface area contributed by atoms with Crippen LogP contribution < -0.4 is 5.01 Å². The molecule has 0 aromatic heterocycles. The molecule has 0 saturated heterocycles. The van der Waals surface area contributed by atoms with Crippen LogP contribution in [0.1, 0.15) is 12.0 Å². The number of nitrogens with zero attached hydrogens (tertiary/aromatic N) is 2. The van der Waals surface area contributed by atoms with E-state index in [1.807, 2.05) is 53.5 Å². The van der Waals surface area contributed by atoms with Gasteiger partial charge in [0.05, 0.1) is 11.4 Å². The zero-order chi connectivity index (χ0) is 12.4. The van der Waals surface area contributed by atoms with Crippen molar-refractivity contribution in [3.63, 3.8) is 0 Å². The first kappa shape index (κ1) is 11.1. The van der Waals surface area contributed by atoms with E-state index in [-0.39, 0.29) is 0 Å². The molecular weight excluding hydrogens is 240 g/mol. The molecule has 0 saturated carbocycles. The van der Waals surface area contributed by atoms with Gasteiger partial charge < -0.3 is 0 Å². The Kier molecular flexibility index (Phi) is 2.90. The van der Waals surface area contributed by atoms with Crippen LogP contribution >= 0.6 is 12.2 Å². The summed E-state index contributed by atoms with van der Waals surface area (Å²) in [6, 6.07) is 20.2. The molecule has 88 valence electrons. The van der Waals surface area contributed by atoms with E-state index in [1.54, 1.807) is 0 Å². The van der Waals surface area contributed by atoms with Crippen LogP contribution in [0.4, 0.5) is 5.69 Å². The molecule has 2 aromatic rings. The van der Waals surface area contributed by atoms with Crippen molar-refractivity contribution in [1.29, 1.82) is 0 Å². The molecule has 0 radical (unpaired) electrons. The fraction of sp³-hybridized carbons (Fsp3) is 0.0667. The third kappa shape index (κ3) is 2.05. The van der Waals surface area contributed by atoms with Crippen molar-refractivity contribution in [2.45, 2.75) is 6.42 Å². The molecule has 0 bridgehead atoms. The van der Waals surface area contributed by atoms with E-state index in [9.17, 15) is 0 Å². The highest BCUT2D eigenvalue weighted by Crippen LogP contribution is 2.23. The number of hydrogen-bond donors (Lipinski definition) is 0. The minimum absolute atomic E-state index is 0.730. The van der Waals surface area contributed by atoms with Crippen LogP contribution in [0.2, 0.25) is 0 Å². The quantitative estimate of drug-likeness (QED) is 0.758. The van der Waals surface area contributed by atoms with Crippen molar-refractivity contribution >= 4 is 28.6 Å². The number of anilines is 1. The van der Waals surface area contributed by atoms with Gasteiger partial charge in [-0.3, -0.25) is 0 Å². The summed E-state index contributed by atoms with van der Waals surface area (Å²) in [6.45, 7) is 0. The number of hydrazone groups is 1. The van der Waals surface area contributed by atoms with E-state index < -0.39 is 0 Å². The zero-order valence-corrected chi connectivity index (χ0v) is 10.6. The maximum absolute atomic E-state index is 5.41. The second-order valence-corrected chi connectivity index (χ2v) is 4.60. The predicted octanol–water partition coefficient (Wildman–Crippen LogP) is 3.63. The summed E-state index contributed by atoms with van der Waals surface area (Å²) < 4.78 is 0. The van der Waals surface area contributed by atoms with Crippen molar-refractivity contribution in [2.24, 2.45) is 5.10 Å². The van der Waals surface area contributed by atoms with Crippen LogP contribution in [0.3, 0.4) is 0 Å². The Morgan fingerprint density at radius 1 is 0.889 bits per heavy atom. The Bertz CT molecular complexity index is 590. The van der Waals surface area contributed by atoms with Gasteiger partial charge >= 0.3 is 0 Å². The first-order chi connectivity index (χ1) is 8.84. The smallest absolute Gasteiger partial charge is 0.111 e. The molecule has 1 aliphatic rings. The van der Waals surface area contributed by atoms with E-state index >= 15 is 0 Å². The lowest BCUT2D eigenvalue weighted by molar-refractivity contribution is 1.17. The van der Waals surface area contributed by atoms with Crippen molar-refractivity contribution in [3.05, 3.63) is 66.2 Å². The first-order valence-corrected chi connectivity index (χ1v) is 6.26. The second-order valence-electron chi connectivity index (χ2n) is 4.13. The molecule has 2 nitrogen and oxygen atoms in total. The molecule has 1 aliphatic heterocycles. The maximum atomic E-state index is 5.41. The minimum Gasteiger partial charge on any atom is -0.226 e. The number of thiocarbonyl (C=S) groups is 1. The van der Waals surface area contributed by atoms with Crippen molar-refractivity contribution in [3.8, 4) is 0 Å². The van der Waals surface area contributed by atoms with Crippen LogP contribution in [0.25, 0.3) is 0 Å². The van der Waals surface area contributed by atoms with Gasteiger partial charge in [0.25, 0.3) is 0 Å². The summed E-state index contributed by atoms with van der Waals surface area (Å²) in [5.41, 5.74) is 3.19. The largest absolute Gasteiger partial charge is 0.226 e. The van der Waals surface area contributed by atoms with Gasteiger partial charge in [0, 0.05) is 6.42 Å². The molecule has 3 heteroatoms. The van der Waals surface area contributed by atoms with Crippen LogP contribution in [0, 0.1) is 0 Å². The average molecular weight is 252 g/mol. The van der Waals surface area contributed by atoms with Gasteiger partial charge in [-0.15, -0.1) is 0 Å². The Morgan fingerprint density at radius 2 is 1.50 bits per heavy atom. The van der Waals surface area contributed by atoms with Crippen LogP contribution in [-0.4, -0.2) is 10.7 Å². The van der Waals surface area contributed by atoms with Crippen LogP contribution in [-0.2, 0) is 0 Å². The molecule has 0 aliphatic carbocycles. The summed E-state index contributed by atoms with van der Waals surface area (Å²) in [6.07, 6.45) is 0.730. The van der Waals surface area contributed by atoms with Crippen molar-refractivity contribution < 1.29 is 0 Å². The highest BCUT2D eigenvalue weighted by Gasteiger charge is 2.22. The van der Waals surface area contributed by atoms with Crippen molar-refractivity contribution in [1.82, 2.24) is 0 Å². The third-order valence-corrected chi connectivity index (χ3v) is 3.20. The van der Waals surface area contributed by atoms with Gasteiger partial charge in [-0.2, -0.15) is 5.10 Å². The lowest BCUT2D eigenvalue weighted by Gasteiger charge is -2.13. The molecule has 2 aromatic carbocycles. The monoisotopic (exact) mass is 252 g/mol. The molecule has 0 fully saturated rings. The minimum atomic E-state index is 0.730. The van der Waals surface area contributed by atoms with E-state index in [4.69, 9.17) is 12.2 Å². The van der Waals surface area contributed by atoms with Crippen LogP contribution in [0.15, 0.2) is 65.8 Å². The lowest BCUT2D eigenvalue weighted by Crippen LogP contribution is -2.17. The SMILES string of the molecule is S=C1CC(c2ccccc2)=NN1c1ccccc1. The second kappa shape index (κ2) is 4.70. The Labute approximate surface area is 112 Å². The topological polar surface area (TPSA) is 15.6 Å². The molecule has 0 atom stereocenters. The van der Waals surface area contributed by atoms with E-state index in [0.29, 0.717) is 0 Å². The molecule has 0 unspecified atom stereocenters. The maximum Gasteiger partial charge on any atom is 0.111 e. The standard InChI is InChI=1S/C15H12N2S/c18-15-11-14(12-7-3-1-4-8-12)16-17(15)13-9-5-2-6-10-13/h1-10H,11H2. The summed E-state index contributed by atoms with van der Waals surface area (Å²) in [4.78, 5) is 0.847. The normalized spacial score (nSPS) is 14.8. The van der Waals surface area contributed by atoms with Gasteiger partial charge in [-0.1, -0.05) is 60.7 Å². The molecule has 3 rings (SSSR count). The molecule has 1 heterocycles. The molecule has 0 amide bonds. The summed E-state index contributed by atoms with van der Waals surface area (Å²) in [7, 11) is 0. The Hall–Kier alpha value is -2.00. The summed E-state index contributed by atoms with van der Waals surface area (Å²) in [5.74, 6) is 0. The highest BCUT2D eigenvalue weighted by molar-refractivity contribution is 7.80. The van der Waals surface area contributed by atoms with E-state index in [0.717, 1.165) is 28.4 Å². The molecule has 0 spiro atoms.